The van der Waals surface area contributed by atoms with Crippen molar-refractivity contribution in [1.29, 1.82) is 0 Å². The Morgan fingerprint density at radius 1 is 1.08 bits per heavy atom. The second-order valence-corrected chi connectivity index (χ2v) is 5.80. The standard InChI is InChI=1S/C18H17ClN2O3/c1-12(20-21-18(22)14-4-2-5-15(19)10-14)13-6-7-16-17(11-13)24-9-3-8-23-16/h2,4-7,10-11H,3,8-9H2,1H3,(H,21,22)/b20-12-. The summed E-state index contributed by atoms with van der Waals surface area (Å²) in [5.74, 6) is 1.11. The van der Waals surface area contributed by atoms with Crippen LogP contribution in [0.15, 0.2) is 47.6 Å². The van der Waals surface area contributed by atoms with Crippen LogP contribution in [0.2, 0.25) is 5.02 Å². The number of ether oxygens (including phenoxy) is 2. The highest BCUT2D eigenvalue weighted by atomic mass is 35.5. The van der Waals surface area contributed by atoms with Crippen LogP contribution in [0.25, 0.3) is 0 Å². The normalized spacial score (nSPS) is 14.0. The Labute approximate surface area is 145 Å². The van der Waals surface area contributed by atoms with E-state index < -0.39 is 0 Å². The topological polar surface area (TPSA) is 59.9 Å². The van der Waals surface area contributed by atoms with Gasteiger partial charge in [-0.05, 0) is 43.3 Å². The van der Waals surface area contributed by atoms with E-state index in [1.807, 2.05) is 25.1 Å². The molecule has 0 aliphatic carbocycles. The van der Waals surface area contributed by atoms with E-state index >= 15 is 0 Å². The zero-order valence-corrected chi connectivity index (χ0v) is 14.0. The van der Waals surface area contributed by atoms with Gasteiger partial charge in [-0.25, -0.2) is 5.43 Å². The highest BCUT2D eigenvalue weighted by molar-refractivity contribution is 6.30. The lowest BCUT2D eigenvalue weighted by molar-refractivity contribution is 0.0955. The third-order valence-electron chi connectivity index (χ3n) is 3.58. The van der Waals surface area contributed by atoms with Crippen LogP contribution in [0.4, 0.5) is 0 Å². The van der Waals surface area contributed by atoms with Gasteiger partial charge in [0.15, 0.2) is 11.5 Å². The van der Waals surface area contributed by atoms with E-state index in [-0.39, 0.29) is 5.91 Å². The molecular formula is C18H17ClN2O3. The largest absolute Gasteiger partial charge is 0.490 e. The number of nitrogens with zero attached hydrogens (tertiary/aromatic N) is 1. The number of amides is 1. The summed E-state index contributed by atoms with van der Waals surface area (Å²) in [6, 6.07) is 12.3. The molecular weight excluding hydrogens is 328 g/mol. The number of benzene rings is 2. The lowest BCUT2D eigenvalue weighted by Gasteiger charge is -2.09. The van der Waals surface area contributed by atoms with Gasteiger partial charge in [-0.2, -0.15) is 5.10 Å². The van der Waals surface area contributed by atoms with E-state index in [4.69, 9.17) is 21.1 Å². The summed E-state index contributed by atoms with van der Waals surface area (Å²) in [4.78, 5) is 12.1. The molecule has 1 aliphatic rings. The molecule has 0 radical (unpaired) electrons. The van der Waals surface area contributed by atoms with Crippen LogP contribution in [0.1, 0.15) is 29.3 Å². The van der Waals surface area contributed by atoms with Crippen LogP contribution in [0.3, 0.4) is 0 Å². The lowest BCUT2D eigenvalue weighted by Crippen LogP contribution is -2.19. The Bertz CT molecular complexity index is 790. The molecule has 0 saturated carbocycles. The van der Waals surface area contributed by atoms with Crippen LogP contribution in [0, 0.1) is 0 Å². The Hall–Kier alpha value is -2.53. The van der Waals surface area contributed by atoms with Crippen molar-refractivity contribution < 1.29 is 14.3 Å². The average molecular weight is 345 g/mol. The smallest absolute Gasteiger partial charge is 0.271 e. The molecule has 0 aromatic heterocycles. The third-order valence-corrected chi connectivity index (χ3v) is 3.81. The fraction of sp³-hybridized carbons (Fsp3) is 0.222. The van der Waals surface area contributed by atoms with Crippen LogP contribution < -0.4 is 14.9 Å². The van der Waals surface area contributed by atoms with E-state index in [9.17, 15) is 4.79 Å². The zero-order chi connectivity index (χ0) is 16.9. The van der Waals surface area contributed by atoms with Gasteiger partial charge in [-0.1, -0.05) is 17.7 Å². The SMILES string of the molecule is C/C(=N/NC(=O)c1cccc(Cl)c1)c1ccc2c(c1)OCCCO2. The molecule has 5 nitrogen and oxygen atoms in total. The van der Waals surface area contributed by atoms with Gasteiger partial charge in [-0.3, -0.25) is 4.79 Å². The highest BCUT2D eigenvalue weighted by Crippen LogP contribution is 2.30. The molecule has 1 N–H and O–H groups in total. The van der Waals surface area contributed by atoms with Gasteiger partial charge in [0.1, 0.15) is 0 Å². The summed E-state index contributed by atoms with van der Waals surface area (Å²) >= 11 is 5.89. The molecule has 2 aromatic rings. The van der Waals surface area contributed by atoms with Crippen LogP contribution >= 0.6 is 11.6 Å². The molecule has 0 bridgehead atoms. The first-order valence-corrected chi connectivity index (χ1v) is 8.01. The number of rotatable bonds is 3. The van der Waals surface area contributed by atoms with Gasteiger partial charge < -0.3 is 9.47 Å². The fourth-order valence-electron chi connectivity index (χ4n) is 2.28. The van der Waals surface area contributed by atoms with Crippen molar-refractivity contribution in [1.82, 2.24) is 5.43 Å². The number of carbonyl (C=O) groups excluding carboxylic acids is 1. The van der Waals surface area contributed by atoms with E-state index in [0.29, 0.717) is 35.3 Å². The van der Waals surface area contributed by atoms with Crippen LogP contribution in [-0.2, 0) is 0 Å². The second kappa shape index (κ2) is 7.36. The molecule has 0 spiro atoms. The van der Waals surface area contributed by atoms with Crippen molar-refractivity contribution in [2.45, 2.75) is 13.3 Å². The lowest BCUT2D eigenvalue weighted by atomic mass is 10.1. The van der Waals surface area contributed by atoms with Crippen molar-refractivity contribution in [3.63, 3.8) is 0 Å². The Kier molecular flexibility index (Phi) is 5.01. The molecule has 2 aromatic carbocycles. The van der Waals surface area contributed by atoms with Crippen molar-refractivity contribution >= 4 is 23.2 Å². The molecule has 124 valence electrons. The molecule has 1 aliphatic heterocycles. The summed E-state index contributed by atoms with van der Waals surface area (Å²) < 4.78 is 11.3. The molecule has 0 atom stereocenters. The second-order valence-electron chi connectivity index (χ2n) is 5.36. The number of carbonyl (C=O) groups is 1. The average Bonchev–Trinajstić information content (AvgIpc) is 2.84. The van der Waals surface area contributed by atoms with Gasteiger partial charge in [-0.15, -0.1) is 0 Å². The number of hydrogen-bond acceptors (Lipinski definition) is 4. The number of halogens is 1. The number of hydrogen-bond donors (Lipinski definition) is 1. The number of nitrogens with one attached hydrogen (secondary N) is 1. The minimum Gasteiger partial charge on any atom is -0.490 e. The quantitative estimate of drug-likeness (QED) is 0.683. The van der Waals surface area contributed by atoms with E-state index in [1.54, 1.807) is 24.3 Å². The maximum absolute atomic E-state index is 12.1. The molecule has 3 rings (SSSR count). The highest BCUT2D eigenvalue weighted by Gasteiger charge is 2.12. The monoisotopic (exact) mass is 344 g/mol. The van der Waals surface area contributed by atoms with Crippen molar-refractivity contribution in [3.05, 3.63) is 58.6 Å². The summed E-state index contributed by atoms with van der Waals surface area (Å²) in [6.45, 7) is 3.09. The zero-order valence-electron chi connectivity index (χ0n) is 13.2. The maximum Gasteiger partial charge on any atom is 0.271 e. The Morgan fingerprint density at radius 2 is 1.88 bits per heavy atom. The minimum absolute atomic E-state index is 0.314. The van der Waals surface area contributed by atoms with Gasteiger partial charge >= 0.3 is 0 Å². The first-order valence-electron chi connectivity index (χ1n) is 7.64. The van der Waals surface area contributed by atoms with Gasteiger partial charge in [0.2, 0.25) is 0 Å². The maximum atomic E-state index is 12.1. The fourth-order valence-corrected chi connectivity index (χ4v) is 2.47. The van der Waals surface area contributed by atoms with Crippen LogP contribution in [0.5, 0.6) is 11.5 Å². The number of hydrazone groups is 1. The van der Waals surface area contributed by atoms with Crippen molar-refractivity contribution in [2.75, 3.05) is 13.2 Å². The van der Waals surface area contributed by atoms with Crippen molar-refractivity contribution in [3.8, 4) is 11.5 Å². The van der Waals surface area contributed by atoms with Crippen LogP contribution in [-0.4, -0.2) is 24.8 Å². The third kappa shape index (κ3) is 3.86. The van der Waals surface area contributed by atoms with E-state index in [2.05, 4.69) is 10.5 Å². The number of fused-ring (bicyclic) bond motifs is 1. The summed E-state index contributed by atoms with van der Waals surface area (Å²) in [7, 11) is 0. The minimum atomic E-state index is -0.314. The molecule has 6 heteroatoms. The summed E-state index contributed by atoms with van der Waals surface area (Å²) in [5, 5.41) is 4.66. The summed E-state index contributed by atoms with van der Waals surface area (Å²) in [6.07, 6.45) is 0.854. The molecule has 1 heterocycles. The van der Waals surface area contributed by atoms with E-state index in [1.165, 1.54) is 0 Å². The molecule has 24 heavy (non-hydrogen) atoms. The Balaban J connectivity index is 1.74. The molecule has 0 unspecified atom stereocenters. The predicted octanol–water partition coefficient (Wildman–Crippen LogP) is 3.66. The van der Waals surface area contributed by atoms with Crippen molar-refractivity contribution in [2.24, 2.45) is 5.10 Å². The van der Waals surface area contributed by atoms with E-state index in [0.717, 1.165) is 17.7 Å². The first-order chi connectivity index (χ1) is 11.6. The molecule has 0 fully saturated rings. The first kappa shape index (κ1) is 16.3. The van der Waals surface area contributed by atoms with Gasteiger partial charge in [0.25, 0.3) is 5.91 Å². The predicted molar refractivity (Wildman–Crippen MR) is 93.2 cm³/mol. The summed E-state index contributed by atoms with van der Waals surface area (Å²) in [5.41, 5.74) is 4.51. The van der Waals surface area contributed by atoms with Gasteiger partial charge in [0.05, 0.1) is 18.9 Å². The molecule has 0 saturated heterocycles. The molecule has 1 amide bonds. The Morgan fingerprint density at radius 3 is 2.67 bits per heavy atom. The van der Waals surface area contributed by atoms with Gasteiger partial charge in [0, 0.05) is 22.6 Å².